The maximum Gasteiger partial charge on any atom is 0.417 e. The summed E-state index contributed by atoms with van der Waals surface area (Å²) in [6, 6.07) is 12.4. The minimum atomic E-state index is -4.66. The summed E-state index contributed by atoms with van der Waals surface area (Å²) in [6.07, 6.45) is 0.156. The number of amides is 2. The molecule has 6 rings (SSSR count). The van der Waals surface area contributed by atoms with Crippen LogP contribution in [0.5, 0.6) is 0 Å². The molecule has 0 saturated carbocycles. The molecule has 2 aromatic carbocycles. The van der Waals surface area contributed by atoms with Gasteiger partial charge in [0.05, 0.1) is 29.6 Å². The fourth-order valence-electron chi connectivity index (χ4n) is 5.52. The zero-order valence-electron chi connectivity index (χ0n) is 24.0. The van der Waals surface area contributed by atoms with Gasteiger partial charge in [0.2, 0.25) is 5.95 Å². The van der Waals surface area contributed by atoms with Gasteiger partial charge in [-0.15, -0.1) is 0 Å². The summed E-state index contributed by atoms with van der Waals surface area (Å²) in [6.45, 7) is 1.67. The van der Waals surface area contributed by atoms with Crippen LogP contribution in [-0.4, -0.2) is 54.0 Å². The Morgan fingerprint density at radius 1 is 1.04 bits per heavy atom. The van der Waals surface area contributed by atoms with Crippen molar-refractivity contribution in [2.24, 2.45) is 0 Å². The van der Waals surface area contributed by atoms with Crippen LogP contribution in [0.1, 0.15) is 55.6 Å². The van der Waals surface area contributed by atoms with Crippen molar-refractivity contribution in [3.63, 3.8) is 0 Å². The topological polar surface area (TPSA) is 114 Å². The molecule has 10 nitrogen and oxygen atoms in total. The zero-order valence-corrected chi connectivity index (χ0v) is 25.6. The number of aromatic nitrogens is 5. The Hall–Kier alpha value is -4.85. The lowest BCUT2D eigenvalue weighted by molar-refractivity contribution is -0.138. The Kier molecular flexibility index (Phi) is 7.77. The van der Waals surface area contributed by atoms with Crippen LogP contribution in [0.15, 0.2) is 76.4 Å². The predicted octanol–water partition coefficient (Wildman–Crippen LogP) is 4.59. The minimum Gasteiger partial charge on any atom is -0.355 e. The van der Waals surface area contributed by atoms with Gasteiger partial charge in [-0.25, -0.2) is 19.1 Å². The van der Waals surface area contributed by atoms with Crippen molar-refractivity contribution in [3.8, 4) is 5.95 Å². The van der Waals surface area contributed by atoms with E-state index in [0.717, 1.165) is 11.6 Å². The molecule has 1 atom stereocenters. The molecule has 230 valence electrons. The first-order valence-corrected chi connectivity index (χ1v) is 14.7. The second-order valence-corrected chi connectivity index (χ2v) is 11.5. The van der Waals surface area contributed by atoms with Crippen molar-refractivity contribution in [3.05, 3.63) is 121 Å². The number of halogens is 4. The van der Waals surface area contributed by atoms with E-state index in [1.807, 2.05) is 30.3 Å². The molecule has 14 heteroatoms. The van der Waals surface area contributed by atoms with E-state index >= 15 is 0 Å². The Bertz CT molecular complexity index is 2010. The number of fused-ring (bicyclic) bond motifs is 3. The lowest BCUT2D eigenvalue weighted by atomic mass is 9.98. The quantitative estimate of drug-likeness (QED) is 0.291. The molecule has 0 fully saturated rings. The fraction of sp³-hybridized carbons (Fsp3) is 0.226. The number of nitrogens with one attached hydrogen (secondary N) is 1. The van der Waals surface area contributed by atoms with Crippen LogP contribution in [0.2, 0.25) is 0 Å². The molecule has 0 radical (unpaired) electrons. The SMILES string of the molecule is CNC(=O)c1cnc(-n2c(=O)c3c(n4ncc(Cc5ccccc5)c24)CN(C(=O)c2ccc(Br)c(C(F)(F)F)c2)[C@@H](C)C3)nc1. The Labute approximate surface area is 262 Å². The molecule has 5 aromatic rings. The molecule has 1 aliphatic rings. The highest BCUT2D eigenvalue weighted by Crippen LogP contribution is 2.36. The van der Waals surface area contributed by atoms with E-state index in [0.29, 0.717) is 28.9 Å². The average molecular weight is 680 g/mol. The van der Waals surface area contributed by atoms with E-state index in [2.05, 4.69) is 36.3 Å². The summed E-state index contributed by atoms with van der Waals surface area (Å²) >= 11 is 2.92. The molecular weight excluding hydrogens is 655 g/mol. The number of nitrogens with zero attached hydrogens (tertiary/aromatic N) is 6. The van der Waals surface area contributed by atoms with Crippen molar-refractivity contribution in [2.75, 3.05) is 7.05 Å². The van der Waals surface area contributed by atoms with Gasteiger partial charge in [-0.1, -0.05) is 46.3 Å². The van der Waals surface area contributed by atoms with Gasteiger partial charge >= 0.3 is 6.18 Å². The van der Waals surface area contributed by atoms with Crippen molar-refractivity contribution < 1.29 is 22.8 Å². The van der Waals surface area contributed by atoms with Gasteiger partial charge in [0.1, 0.15) is 5.65 Å². The predicted molar refractivity (Wildman–Crippen MR) is 161 cm³/mol. The van der Waals surface area contributed by atoms with E-state index in [1.54, 1.807) is 17.6 Å². The number of carbonyl (C=O) groups is 2. The van der Waals surface area contributed by atoms with Crippen LogP contribution < -0.4 is 10.9 Å². The summed E-state index contributed by atoms with van der Waals surface area (Å²) in [4.78, 5) is 50.1. The van der Waals surface area contributed by atoms with Crippen LogP contribution in [0.25, 0.3) is 11.6 Å². The van der Waals surface area contributed by atoms with E-state index in [9.17, 15) is 27.6 Å². The molecule has 45 heavy (non-hydrogen) atoms. The van der Waals surface area contributed by atoms with Gasteiger partial charge in [0, 0.05) is 53.1 Å². The third-order valence-electron chi connectivity index (χ3n) is 7.79. The maximum absolute atomic E-state index is 14.2. The summed E-state index contributed by atoms with van der Waals surface area (Å²) in [5, 5.41) is 7.11. The van der Waals surface area contributed by atoms with Crippen molar-refractivity contribution in [1.29, 1.82) is 0 Å². The number of carbonyl (C=O) groups excluding carboxylic acids is 2. The number of hydrogen-bond acceptors (Lipinski definition) is 6. The highest BCUT2D eigenvalue weighted by molar-refractivity contribution is 9.10. The molecule has 0 unspecified atom stereocenters. The van der Waals surface area contributed by atoms with Crippen LogP contribution >= 0.6 is 15.9 Å². The molecule has 0 saturated heterocycles. The average Bonchev–Trinajstić information content (AvgIpc) is 3.43. The second-order valence-electron chi connectivity index (χ2n) is 10.7. The van der Waals surface area contributed by atoms with Crippen LogP contribution in [-0.2, 0) is 25.6 Å². The number of rotatable bonds is 5. The molecular formula is C31H25BrF3N7O3. The summed E-state index contributed by atoms with van der Waals surface area (Å²) in [5.41, 5.74) is 1.55. The van der Waals surface area contributed by atoms with E-state index in [4.69, 9.17) is 0 Å². The van der Waals surface area contributed by atoms with Gasteiger partial charge < -0.3 is 10.2 Å². The maximum atomic E-state index is 14.2. The zero-order chi connectivity index (χ0) is 32.0. The van der Waals surface area contributed by atoms with E-state index in [1.165, 1.54) is 41.0 Å². The first-order valence-electron chi connectivity index (χ1n) is 13.9. The van der Waals surface area contributed by atoms with E-state index in [-0.39, 0.29) is 40.4 Å². The van der Waals surface area contributed by atoms with Gasteiger partial charge in [0.25, 0.3) is 17.4 Å². The Morgan fingerprint density at radius 2 is 1.76 bits per heavy atom. The smallest absolute Gasteiger partial charge is 0.355 e. The largest absolute Gasteiger partial charge is 0.417 e. The number of hydrogen-bond donors (Lipinski definition) is 1. The van der Waals surface area contributed by atoms with Gasteiger partial charge in [-0.3, -0.25) is 14.4 Å². The summed E-state index contributed by atoms with van der Waals surface area (Å²) in [5.74, 6) is -0.949. The lowest BCUT2D eigenvalue weighted by Crippen LogP contribution is -2.46. The molecule has 0 aliphatic carbocycles. The van der Waals surface area contributed by atoms with Crippen molar-refractivity contribution >= 4 is 33.4 Å². The molecule has 1 N–H and O–H groups in total. The van der Waals surface area contributed by atoms with Gasteiger partial charge in [-0.05, 0) is 37.1 Å². The molecule has 1 aliphatic heterocycles. The first kappa shape index (κ1) is 30.2. The third-order valence-corrected chi connectivity index (χ3v) is 8.48. The second kappa shape index (κ2) is 11.6. The number of benzene rings is 2. The van der Waals surface area contributed by atoms with Crippen LogP contribution in [0.4, 0.5) is 13.2 Å². The third kappa shape index (κ3) is 5.50. The Balaban J connectivity index is 1.49. The van der Waals surface area contributed by atoms with Gasteiger partial charge in [0.15, 0.2) is 0 Å². The number of alkyl halides is 3. The van der Waals surface area contributed by atoms with E-state index < -0.39 is 29.2 Å². The fourth-order valence-corrected chi connectivity index (χ4v) is 5.99. The van der Waals surface area contributed by atoms with Gasteiger partial charge in [-0.2, -0.15) is 18.3 Å². The standard InChI is InChI=1S/C31H25BrF3N7O3/c1-17-10-22-25(16-40(17)28(44)19-8-9-24(32)23(12-19)31(33,34)35)42-27(20(15-39-42)11-18-6-4-3-5-7-18)41(29(22)45)30-37-13-21(14-38-30)26(43)36-2/h3-9,12-15,17H,10-11,16H2,1-2H3,(H,36,43)/t17-/m0/s1. The normalized spacial score (nSPS) is 14.8. The lowest BCUT2D eigenvalue weighted by Gasteiger charge is -2.35. The highest BCUT2D eigenvalue weighted by Gasteiger charge is 2.36. The molecule has 0 bridgehead atoms. The molecule has 3 aromatic heterocycles. The van der Waals surface area contributed by atoms with Crippen LogP contribution in [0, 0.1) is 0 Å². The van der Waals surface area contributed by atoms with Crippen LogP contribution in [0.3, 0.4) is 0 Å². The first-order chi connectivity index (χ1) is 21.5. The monoisotopic (exact) mass is 679 g/mol. The molecule has 4 heterocycles. The molecule has 2 amide bonds. The summed E-state index contributed by atoms with van der Waals surface area (Å²) < 4.78 is 43.6. The summed E-state index contributed by atoms with van der Waals surface area (Å²) in [7, 11) is 1.48. The minimum absolute atomic E-state index is 0.0379. The molecule has 0 spiro atoms. The van der Waals surface area contributed by atoms with Crippen molar-refractivity contribution in [2.45, 2.75) is 38.5 Å². The van der Waals surface area contributed by atoms with Crippen molar-refractivity contribution in [1.82, 2.24) is 34.4 Å². The highest BCUT2D eigenvalue weighted by atomic mass is 79.9. The Morgan fingerprint density at radius 3 is 2.42 bits per heavy atom.